The number of halogens is 1. The number of anilines is 1. The van der Waals surface area contributed by atoms with Crippen LogP contribution in [0.5, 0.6) is 0 Å². The van der Waals surface area contributed by atoms with Gasteiger partial charge < -0.3 is 4.74 Å². The third-order valence-electron chi connectivity index (χ3n) is 4.58. The van der Waals surface area contributed by atoms with Gasteiger partial charge in [-0.2, -0.15) is 4.31 Å². The lowest BCUT2D eigenvalue weighted by molar-refractivity contribution is 0.0730. The first kappa shape index (κ1) is 21.0. The zero-order valence-corrected chi connectivity index (χ0v) is 18.1. The van der Waals surface area contributed by atoms with Gasteiger partial charge in [-0.3, -0.25) is 10.1 Å². The largest absolute Gasteiger partial charge is 0.379 e. The van der Waals surface area contributed by atoms with Crippen LogP contribution in [0.25, 0.3) is 11.3 Å². The number of aromatic nitrogens is 1. The number of nitrogens with zero attached hydrogens (tertiary/aromatic N) is 2. The summed E-state index contributed by atoms with van der Waals surface area (Å²) in [5.74, 6) is -0.436. The first-order chi connectivity index (χ1) is 14.4. The molecule has 1 N–H and O–H groups in total. The monoisotopic (exact) mass is 463 g/mol. The van der Waals surface area contributed by atoms with Crippen molar-refractivity contribution in [3.05, 3.63) is 64.5 Å². The van der Waals surface area contributed by atoms with Gasteiger partial charge in [0.2, 0.25) is 10.0 Å². The Morgan fingerprint density at radius 1 is 1.13 bits per heavy atom. The number of nitrogens with one attached hydrogen (secondary N) is 1. The minimum absolute atomic E-state index is 0.0768. The number of hydrogen-bond donors (Lipinski definition) is 1. The number of sulfonamides is 1. The minimum atomic E-state index is -3.68. The van der Waals surface area contributed by atoms with E-state index in [0.717, 1.165) is 5.56 Å². The van der Waals surface area contributed by atoms with Crippen molar-refractivity contribution in [2.75, 3.05) is 31.6 Å². The van der Waals surface area contributed by atoms with E-state index in [1.54, 1.807) is 23.6 Å². The maximum absolute atomic E-state index is 12.8. The highest BCUT2D eigenvalue weighted by molar-refractivity contribution is 7.89. The molecule has 0 spiro atoms. The molecule has 1 amide bonds. The molecule has 0 bridgehead atoms. The van der Waals surface area contributed by atoms with Crippen LogP contribution in [0.15, 0.2) is 58.8 Å². The number of ether oxygens (including phenoxy) is 1. The van der Waals surface area contributed by atoms with Crippen LogP contribution in [-0.4, -0.2) is 49.9 Å². The Labute approximate surface area is 183 Å². The maximum Gasteiger partial charge on any atom is 0.257 e. The number of hydrogen-bond acceptors (Lipinski definition) is 6. The van der Waals surface area contributed by atoms with Crippen molar-refractivity contribution < 1.29 is 17.9 Å². The van der Waals surface area contributed by atoms with E-state index in [4.69, 9.17) is 16.3 Å². The van der Waals surface area contributed by atoms with Crippen molar-refractivity contribution in [1.29, 1.82) is 0 Å². The van der Waals surface area contributed by atoms with Gasteiger partial charge in [0.15, 0.2) is 5.13 Å². The molecule has 3 aromatic rings. The number of amides is 1. The van der Waals surface area contributed by atoms with E-state index in [1.807, 2.05) is 18.2 Å². The zero-order valence-electron chi connectivity index (χ0n) is 15.7. The molecule has 0 unspecified atom stereocenters. The number of thiazole rings is 1. The summed E-state index contributed by atoms with van der Waals surface area (Å²) in [6.07, 6.45) is 0. The Hall–Kier alpha value is -2.30. The predicted octanol–water partition coefficient (Wildman–Crippen LogP) is 3.74. The lowest BCUT2D eigenvalue weighted by atomic mass is 10.2. The summed E-state index contributed by atoms with van der Waals surface area (Å²) in [6, 6.07) is 13.3. The minimum Gasteiger partial charge on any atom is -0.379 e. The molecule has 0 atom stereocenters. The predicted molar refractivity (Wildman–Crippen MR) is 117 cm³/mol. The molecule has 0 aliphatic carbocycles. The number of carbonyl (C=O) groups excluding carboxylic acids is 1. The highest BCUT2D eigenvalue weighted by atomic mass is 35.5. The van der Waals surface area contributed by atoms with Gasteiger partial charge in [0.25, 0.3) is 5.91 Å². The van der Waals surface area contributed by atoms with E-state index >= 15 is 0 Å². The molecule has 156 valence electrons. The summed E-state index contributed by atoms with van der Waals surface area (Å²) in [7, 11) is -3.68. The van der Waals surface area contributed by atoms with E-state index in [0.29, 0.717) is 42.2 Å². The summed E-state index contributed by atoms with van der Waals surface area (Å²) in [4.78, 5) is 17.2. The lowest BCUT2D eigenvalue weighted by Gasteiger charge is -2.26. The van der Waals surface area contributed by atoms with Crippen LogP contribution in [0.2, 0.25) is 5.02 Å². The van der Waals surface area contributed by atoms with Crippen LogP contribution >= 0.6 is 22.9 Å². The molecule has 1 fully saturated rings. The van der Waals surface area contributed by atoms with Gasteiger partial charge >= 0.3 is 0 Å². The van der Waals surface area contributed by atoms with Crippen molar-refractivity contribution in [3.63, 3.8) is 0 Å². The summed E-state index contributed by atoms with van der Waals surface area (Å²) >= 11 is 7.47. The number of carbonyl (C=O) groups is 1. The van der Waals surface area contributed by atoms with Crippen LogP contribution in [0, 0.1) is 0 Å². The molecule has 7 nitrogen and oxygen atoms in total. The third-order valence-corrected chi connectivity index (χ3v) is 7.56. The second-order valence-electron chi connectivity index (χ2n) is 6.52. The van der Waals surface area contributed by atoms with Gasteiger partial charge in [0.05, 0.1) is 23.8 Å². The molecule has 10 heteroatoms. The van der Waals surface area contributed by atoms with Gasteiger partial charge in [0, 0.05) is 34.6 Å². The highest BCUT2D eigenvalue weighted by Gasteiger charge is 2.27. The van der Waals surface area contributed by atoms with Crippen molar-refractivity contribution in [2.45, 2.75) is 4.90 Å². The van der Waals surface area contributed by atoms with Gasteiger partial charge in [0.1, 0.15) is 0 Å². The molecule has 1 aromatic heterocycles. The first-order valence-electron chi connectivity index (χ1n) is 9.15. The SMILES string of the molecule is O=C(Nc1nc(-c2ccccc2Cl)cs1)c1cccc(S(=O)(=O)N2CCOCC2)c1. The average molecular weight is 464 g/mol. The fourth-order valence-electron chi connectivity index (χ4n) is 3.03. The molecule has 0 radical (unpaired) electrons. The molecular weight excluding hydrogens is 446 g/mol. The van der Waals surface area contributed by atoms with Crippen LogP contribution < -0.4 is 5.32 Å². The van der Waals surface area contributed by atoms with E-state index in [-0.39, 0.29) is 10.5 Å². The van der Waals surface area contributed by atoms with Crippen LogP contribution in [0.3, 0.4) is 0 Å². The van der Waals surface area contributed by atoms with Crippen molar-refractivity contribution in [1.82, 2.24) is 9.29 Å². The lowest BCUT2D eigenvalue weighted by Crippen LogP contribution is -2.40. The molecule has 1 aliphatic rings. The smallest absolute Gasteiger partial charge is 0.257 e. The molecular formula is C20H18ClN3O4S2. The third kappa shape index (κ3) is 4.40. The quantitative estimate of drug-likeness (QED) is 0.622. The Kier molecular flexibility index (Phi) is 6.16. The fourth-order valence-corrected chi connectivity index (χ4v) is 5.42. The zero-order chi connectivity index (χ0) is 21.1. The topological polar surface area (TPSA) is 88.6 Å². The second kappa shape index (κ2) is 8.83. The highest BCUT2D eigenvalue weighted by Crippen LogP contribution is 2.30. The second-order valence-corrected chi connectivity index (χ2v) is 9.72. The number of benzene rings is 2. The summed E-state index contributed by atoms with van der Waals surface area (Å²) in [5, 5.41) is 5.50. The molecule has 30 heavy (non-hydrogen) atoms. The Morgan fingerprint density at radius 3 is 2.67 bits per heavy atom. The first-order valence-corrected chi connectivity index (χ1v) is 11.8. The Morgan fingerprint density at radius 2 is 1.90 bits per heavy atom. The number of rotatable bonds is 5. The summed E-state index contributed by atoms with van der Waals surface area (Å²) in [5.41, 5.74) is 1.66. The van der Waals surface area contributed by atoms with Crippen molar-refractivity contribution in [2.24, 2.45) is 0 Å². The van der Waals surface area contributed by atoms with Gasteiger partial charge in [-0.25, -0.2) is 13.4 Å². The number of morpholine rings is 1. The van der Waals surface area contributed by atoms with E-state index in [1.165, 1.54) is 27.8 Å². The Bertz CT molecular complexity index is 1170. The molecule has 0 saturated carbocycles. The molecule has 2 heterocycles. The van der Waals surface area contributed by atoms with Crippen LogP contribution in [0.1, 0.15) is 10.4 Å². The van der Waals surface area contributed by atoms with Gasteiger partial charge in [-0.1, -0.05) is 35.9 Å². The normalized spacial score (nSPS) is 15.1. The molecule has 1 aliphatic heterocycles. The van der Waals surface area contributed by atoms with E-state index in [9.17, 15) is 13.2 Å². The maximum atomic E-state index is 12.8. The van der Waals surface area contributed by atoms with Crippen molar-refractivity contribution >= 4 is 44.0 Å². The van der Waals surface area contributed by atoms with Gasteiger partial charge in [-0.05, 0) is 24.3 Å². The standard InChI is InChI=1S/C20H18ClN3O4S2/c21-17-7-2-1-6-16(17)18-13-29-20(22-18)23-19(25)14-4-3-5-15(12-14)30(26,27)24-8-10-28-11-9-24/h1-7,12-13H,8-11H2,(H,22,23,25). The van der Waals surface area contributed by atoms with Crippen LogP contribution in [0.4, 0.5) is 5.13 Å². The fraction of sp³-hybridized carbons (Fsp3) is 0.200. The van der Waals surface area contributed by atoms with Crippen LogP contribution in [-0.2, 0) is 14.8 Å². The molecule has 4 rings (SSSR count). The summed E-state index contributed by atoms with van der Waals surface area (Å²) < 4.78 is 32.2. The van der Waals surface area contributed by atoms with E-state index in [2.05, 4.69) is 10.3 Å². The average Bonchev–Trinajstić information content (AvgIpc) is 3.23. The molecule has 1 saturated heterocycles. The van der Waals surface area contributed by atoms with Crippen molar-refractivity contribution in [3.8, 4) is 11.3 Å². The summed E-state index contributed by atoms with van der Waals surface area (Å²) in [6.45, 7) is 1.31. The molecule has 2 aromatic carbocycles. The Balaban J connectivity index is 1.52. The van der Waals surface area contributed by atoms with E-state index < -0.39 is 15.9 Å². The van der Waals surface area contributed by atoms with Gasteiger partial charge in [-0.15, -0.1) is 11.3 Å².